The first kappa shape index (κ1) is 13.8. The van der Waals surface area contributed by atoms with Crippen LogP contribution in [0.15, 0.2) is 18.2 Å². The van der Waals surface area contributed by atoms with E-state index in [1.807, 2.05) is 0 Å². The lowest BCUT2D eigenvalue weighted by Gasteiger charge is -2.34. The van der Waals surface area contributed by atoms with Crippen LogP contribution in [0.25, 0.3) is 0 Å². The Bertz CT molecular complexity index is 484. The third-order valence-electron chi connectivity index (χ3n) is 3.66. The number of aliphatic carboxylic acids is 1. The minimum absolute atomic E-state index is 0.114. The first-order chi connectivity index (χ1) is 8.97. The SMILES string of the molecule is COc1ccc(C(C)(CC2COC2)C(=O)O)cc1F. The number of carboxylic acid groups (broad SMARTS) is 1. The van der Waals surface area contributed by atoms with Crippen molar-refractivity contribution in [1.29, 1.82) is 0 Å². The average molecular weight is 268 g/mol. The lowest BCUT2D eigenvalue weighted by atomic mass is 9.75. The molecule has 1 unspecified atom stereocenters. The molecule has 1 aromatic carbocycles. The van der Waals surface area contributed by atoms with Crippen molar-refractivity contribution in [3.8, 4) is 5.75 Å². The van der Waals surface area contributed by atoms with Gasteiger partial charge in [0.1, 0.15) is 0 Å². The number of carboxylic acids is 1. The molecule has 104 valence electrons. The van der Waals surface area contributed by atoms with Gasteiger partial charge in [-0.2, -0.15) is 0 Å². The topological polar surface area (TPSA) is 55.8 Å². The predicted octanol–water partition coefficient (Wildman–Crippen LogP) is 2.21. The van der Waals surface area contributed by atoms with E-state index in [1.165, 1.54) is 19.2 Å². The first-order valence-electron chi connectivity index (χ1n) is 6.12. The molecule has 0 spiro atoms. The summed E-state index contributed by atoms with van der Waals surface area (Å²) in [6.07, 6.45) is 0.439. The standard InChI is InChI=1S/C14H17FO4/c1-14(13(16)17,6-9-7-19-8-9)10-3-4-12(18-2)11(15)5-10/h3-5,9H,6-8H2,1-2H3,(H,16,17). The molecule has 1 fully saturated rings. The molecule has 0 aromatic heterocycles. The highest BCUT2D eigenvalue weighted by Crippen LogP contribution is 2.35. The average Bonchev–Trinajstić information content (AvgIpc) is 2.33. The number of hydrogen-bond donors (Lipinski definition) is 1. The molecule has 0 saturated carbocycles. The highest BCUT2D eigenvalue weighted by atomic mass is 19.1. The Morgan fingerprint density at radius 2 is 2.26 bits per heavy atom. The summed E-state index contributed by atoms with van der Waals surface area (Å²) in [6, 6.07) is 4.31. The monoisotopic (exact) mass is 268 g/mol. The Labute approximate surface area is 111 Å². The van der Waals surface area contributed by atoms with Crippen LogP contribution in [0.2, 0.25) is 0 Å². The van der Waals surface area contributed by atoms with E-state index in [2.05, 4.69) is 0 Å². The van der Waals surface area contributed by atoms with Crippen molar-refractivity contribution >= 4 is 5.97 Å². The first-order valence-corrected chi connectivity index (χ1v) is 6.12. The molecule has 19 heavy (non-hydrogen) atoms. The van der Waals surface area contributed by atoms with E-state index < -0.39 is 17.2 Å². The fourth-order valence-corrected chi connectivity index (χ4v) is 2.32. The summed E-state index contributed by atoms with van der Waals surface area (Å²) < 4.78 is 23.6. The molecule has 1 aliphatic heterocycles. The summed E-state index contributed by atoms with van der Waals surface area (Å²) in [5, 5.41) is 9.48. The molecule has 1 aromatic rings. The van der Waals surface area contributed by atoms with Crippen molar-refractivity contribution < 1.29 is 23.8 Å². The minimum atomic E-state index is -1.11. The van der Waals surface area contributed by atoms with Crippen molar-refractivity contribution in [3.05, 3.63) is 29.6 Å². The molecule has 2 rings (SSSR count). The molecule has 1 N–H and O–H groups in total. The normalized spacial score (nSPS) is 18.5. The second-order valence-corrected chi connectivity index (χ2v) is 5.09. The summed E-state index contributed by atoms with van der Waals surface area (Å²) in [7, 11) is 1.38. The number of methoxy groups -OCH3 is 1. The van der Waals surface area contributed by atoms with Crippen LogP contribution in [0, 0.1) is 11.7 Å². The fraction of sp³-hybridized carbons (Fsp3) is 0.500. The quantitative estimate of drug-likeness (QED) is 0.889. The Morgan fingerprint density at radius 1 is 1.58 bits per heavy atom. The second-order valence-electron chi connectivity index (χ2n) is 5.09. The molecule has 0 amide bonds. The van der Waals surface area contributed by atoms with Crippen molar-refractivity contribution in [1.82, 2.24) is 0 Å². The van der Waals surface area contributed by atoms with Crippen LogP contribution in [0.3, 0.4) is 0 Å². The minimum Gasteiger partial charge on any atom is -0.494 e. The zero-order chi connectivity index (χ0) is 14.0. The maximum atomic E-state index is 13.7. The van der Waals surface area contributed by atoms with Gasteiger partial charge in [0.05, 0.1) is 25.7 Å². The maximum Gasteiger partial charge on any atom is 0.313 e. The summed E-state index contributed by atoms with van der Waals surface area (Å²) in [5.41, 5.74) is -0.660. The van der Waals surface area contributed by atoms with Crippen molar-refractivity contribution in [2.24, 2.45) is 5.92 Å². The van der Waals surface area contributed by atoms with Gasteiger partial charge in [0.15, 0.2) is 11.6 Å². The zero-order valence-corrected chi connectivity index (χ0v) is 11.0. The fourth-order valence-electron chi connectivity index (χ4n) is 2.32. The molecule has 5 heteroatoms. The Hall–Kier alpha value is -1.62. The maximum absolute atomic E-state index is 13.7. The van der Waals surface area contributed by atoms with Crippen LogP contribution < -0.4 is 4.74 Å². The van der Waals surface area contributed by atoms with Gasteiger partial charge < -0.3 is 14.6 Å². The number of rotatable bonds is 5. The number of carbonyl (C=O) groups is 1. The largest absolute Gasteiger partial charge is 0.494 e. The van der Waals surface area contributed by atoms with Crippen molar-refractivity contribution in [2.75, 3.05) is 20.3 Å². The third-order valence-corrected chi connectivity index (χ3v) is 3.66. The van der Waals surface area contributed by atoms with Crippen LogP contribution in [0.1, 0.15) is 18.9 Å². The molecule has 4 nitrogen and oxygen atoms in total. The number of hydrogen-bond acceptors (Lipinski definition) is 3. The van der Waals surface area contributed by atoms with Crippen LogP contribution >= 0.6 is 0 Å². The van der Waals surface area contributed by atoms with Gasteiger partial charge in [-0.05, 0) is 31.0 Å². The molecule has 0 aliphatic carbocycles. The molecular formula is C14H17FO4. The molecule has 1 aliphatic rings. The van der Waals surface area contributed by atoms with E-state index in [1.54, 1.807) is 13.0 Å². The highest BCUT2D eigenvalue weighted by Gasteiger charge is 2.40. The van der Waals surface area contributed by atoms with Gasteiger partial charge in [-0.25, -0.2) is 4.39 Å². The molecular weight excluding hydrogens is 251 g/mol. The van der Waals surface area contributed by atoms with Crippen LogP contribution in [0.5, 0.6) is 5.75 Å². The second kappa shape index (κ2) is 5.17. The summed E-state index contributed by atoms with van der Waals surface area (Å²) in [5.74, 6) is -1.17. The van der Waals surface area contributed by atoms with E-state index in [9.17, 15) is 14.3 Å². The predicted molar refractivity (Wildman–Crippen MR) is 66.9 cm³/mol. The molecule has 0 bridgehead atoms. The van der Waals surface area contributed by atoms with E-state index in [-0.39, 0.29) is 11.7 Å². The molecule has 1 saturated heterocycles. The Morgan fingerprint density at radius 3 is 2.68 bits per heavy atom. The van der Waals surface area contributed by atoms with Gasteiger partial charge in [0.2, 0.25) is 0 Å². The van der Waals surface area contributed by atoms with E-state index >= 15 is 0 Å². The van der Waals surface area contributed by atoms with E-state index in [0.717, 1.165) is 0 Å². The lowest BCUT2D eigenvalue weighted by Crippen LogP contribution is -2.40. The van der Waals surface area contributed by atoms with Crippen molar-refractivity contribution in [2.45, 2.75) is 18.8 Å². The number of benzene rings is 1. The third kappa shape index (κ3) is 2.56. The molecule has 1 atom stereocenters. The molecule has 0 radical (unpaired) electrons. The van der Waals surface area contributed by atoms with Crippen LogP contribution in [0.4, 0.5) is 4.39 Å². The van der Waals surface area contributed by atoms with Gasteiger partial charge >= 0.3 is 5.97 Å². The smallest absolute Gasteiger partial charge is 0.313 e. The number of ether oxygens (including phenoxy) is 2. The highest BCUT2D eigenvalue weighted by molar-refractivity contribution is 5.81. The van der Waals surface area contributed by atoms with Gasteiger partial charge in [0, 0.05) is 5.92 Å². The molecule has 1 heterocycles. The number of halogens is 1. The Balaban J connectivity index is 2.32. The van der Waals surface area contributed by atoms with E-state index in [0.29, 0.717) is 25.2 Å². The van der Waals surface area contributed by atoms with Gasteiger partial charge in [-0.15, -0.1) is 0 Å². The summed E-state index contributed by atoms with van der Waals surface area (Å²) in [4.78, 5) is 11.6. The Kier molecular flexibility index (Phi) is 3.75. The van der Waals surface area contributed by atoms with E-state index in [4.69, 9.17) is 9.47 Å². The zero-order valence-electron chi connectivity index (χ0n) is 11.0. The van der Waals surface area contributed by atoms with Crippen molar-refractivity contribution in [3.63, 3.8) is 0 Å². The lowest BCUT2D eigenvalue weighted by molar-refractivity contribution is -0.145. The van der Waals surface area contributed by atoms with Crippen LogP contribution in [-0.2, 0) is 14.9 Å². The van der Waals surface area contributed by atoms with Gasteiger partial charge in [-0.3, -0.25) is 4.79 Å². The van der Waals surface area contributed by atoms with Gasteiger partial charge in [0.25, 0.3) is 0 Å². The summed E-state index contributed by atoms with van der Waals surface area (Å²) in [6.45, 7) is 2.76. The van der Waals surface area contributed by atoms with Crippen LogP contribution in [-0.4, -0.2) is 31.4 Å². The summed E-state index contributed by atoms with van der Waals surface area (Å²) >= 11 is 0. The van der Waals surface area contributed by atoms with Gasteiger partial charge in [-0.1, -0.05) is 6.07 Å².